The van der Waals surface area contributed by atoms with Gasteiger partial charge in [-0.25, -0.2) is 9.67 Å². The van der Waals surface area contributed by atoms with Crippen molar-refractivity contribution in [2.45, 2.75) is 51.7 Å². The molecule has 1 aromatic rings. The Hall–Kier alpha value is -0.900. The summed E-state index contributed by atoms with van der Waals surface area (Å²) in [5, 5.41) is 7.67. The lowest BCUT2D eigenvalue weighted by Gasteiger charge is -2.05. The minimum absolute atomic E-state index is 0.742. The zero-order chi connectivity index (χ0) is 9.80. The van der Waals surface area contributed by atoms with Crippen molar-refractivity contribution in [2.75, 3.05) is 0 Å². The fourth-order valence-electron chi connectivity index (χ4n) is 1.44. The molecule has 0 saturated heterocycles. The molecule has 0 radical (unpaired) electrons. The summed E-state index contributed by atoms with van der Waals surface area (Å²) < 4.78 is 2.01. The molecule has 4 heteroatoms. The number of unbranched alkanes of at least 4 members (excludes halogenated alkanes) is 1. The third kappa shape index (κ3) is 2.54. The summed E-state index contributed by atoms with van der Waals surface area (Å²) in [5.74, 6) is 1.07. The quantitative estimate of drug-likeness (QED) is 0.743. The van der Waals surface area contributed by atoms with Gasteiger partial charge in [-0.1, -0.05) is 13.3 Å². The molecule has 1 aliphatic rings. The third-order valence-electron chi connectivity index (χ3n) is 2.55. The Bertz CT molecular complexity index is 277. The zero-order valence-electron chi connectivity index (χ0n) is 8.74. The summed E-state index contributed by atoms with van der Waals surface area (Å²) >= 11 is 0. The molecule has 1 aliphatic carbocycles. The molecule has 0 aromatic carbocycles. The monoisotopic (exact) mass is 194 g/mol. The predicted octanol–water partition coefficient (Wildman–Crippen LogP) is 1.33. The average molecular weight is 194 g/mol. The number of aromatic nitrogens is 3. The van der Waals surface area contributed by atoms with Gasteiger partial charge in [0.25, 0.3) is 0 Å². The Kier molecular flexibility index (Phi) is 3.14. The Morgan fingerprint density at radius 3 is 3.14 bits per heavy atom. The van der Waals surface area contributed by atoms with Crippen LogP contribution in [0.5, 0.6) is 0 Å². The highest BCUT2D eigenvalue weighted by Crippen LogP contribution is 2.18. The maximum absolute atomic E-state index is 4.26. The standard InChI is InChI=1S/C10H18N4/c1-2-3-6-14-10(12-8-13-14)7-11-9-4-5-9/h8-9,11H,2-7H2,1H3. The molecule has 1 heterocycles. The van der Waals surface area contributed by atoms with Crippen molar-refractivity contribution in [1.82, 2.24) is 20.1 Å². The van der Waals surface area contributed by atoms with Gasteiger partial charge in [0, 0.05) is 12.6 Å². The second-order valence-electron chi connectivity index (χ2n) is 3.91. The van der Waals surface area contributed by atoms with Crippen LogP contribution in [0, 0.1) is 0 Å². The first-order valence-corrected chi connectivity index (χ1v) is 5.50. The molecule has 0 bridgehead atoms. The van der Waals surface area contributed by atoms with Crippen LogP contribution in [0.25, 0.3) is 0 Å². The number of rotatable bonds is 6. The fraction of sp³-hybridized carbons (Fsp3) is 0.800. The maximum atomic E-state index is 4.26. The molecule has 78 valence electrons. The van der Waals surface area contributed by atoms with Crippen molar-refractivity contribution in [3.8, 4) is 0 Å². The molecule has 0 amide bonds. The zero-order valence-corrected chi connectivity index (χ0v) is 8.74. The molecular formula is C10H18N4. The Morgan fingerprint density at radius 1 is 1.57 bits per heavy atom. The van der Waals surface area contributed by atoms with Crippen LogP contribution in [0.4, 0.5) is 0 Å². The van der Waals surface area contributed by atoms with E-state index >= 15 is 0 Å². The lowest BCUT2D eigenvalue weighted by atomic mass is 10.3. The van der Waals surface area contributed by atoms with Gasteiger partial charge >= 0.3 is 0 Å². The summed E-state index contributed by atoms with van der Waals surface area (Å²) in [6, 6.07) is 0.742. The molecule has 1 fully saturated rings. The Balaban J connectivity index is 1.83. The summed E-state index contributed by atoms with van der Waals surface area (Å²) in [5.41, 5.74) is 0. The van der Waals surface area contributed by atoms with Crippen LogP contribution in [0.3, 0.4) is 0 Å². The average Bonchev–Trinajstić information content (AvgIpc) is 2.92. The van der Waals surface area contributed by atoms with Crippen LogP contribution in [0.1, 0.15) is 38.4 Å². The smallest absolute Gasteiger partial charge is 0.140 e. The van der Waals surface area contributed by atoms with Crippen LogP contribution >= 0.6 is 0 Å². The number of hydrogen-bond donors (Lipinski definition) is 1. The van der Waals surface area contributed by atoms with E-state index in [2.05, 4.69) is 22.3 Å². The largest absolute Gasteiger partial charge is 0.307 e. The topological polar surface area (TPSA) is 42.7 Å². The van der Waals surface area contributed by atoms with E-state index in [0.717, 1.165) is 25.0 Å². The van der Waals surface area contributed by atoms with Crippen LogP contribution in [0.15, 0.2) is 6.33 Å². The minimum Gasteiger partial charge on any atom is -0.307 e. The van der Waals surface area contributed by atoms with Crippen LogP contribution in [-0.4, -0.2) is 20.8 Å². The highest BCUT2D eigenvalue weighted by molar-refractivity contribution is 4.88. The molecule has 0 unspecified atom stereocenters. The minimum atomic E-state index is 0.742. The van der Waals surface area contributed by atoms with E-state index in [1.54, 1.807) is 6.33 Å². The van der Waals surface area contributed by atoms with E-state index in [9.17, 15) is 0 Å². The van der Waals surface area contributed by atoms with Crippen LogP contribution < -0.4 is 5.32 Å². The van der Waals surface area contributed by atoms with Gasteiger partial charge in [-0.2, -0.15) is 5.10 Å². The van der Waals surface area contributed by atoms with Crippen molar-refractivity contribution in [2.24, 2.45) is 0 Å². The van der Waals surface area contributed by atoms with Gasteiger partial charge in [0.15, 0.2) is 0 Å². The van der Waals surface area contributed by atoms with E-state index < -0.39 is 0 Å². The van der Waals surface area contributed by atoms with Crippen molar-refractivity contribution < 1.29 is 0 Å². The molecule has 0 aliphatic heterocycles. The first-order chi connectivity index (χ1) is 6.90. The van der Waals surface area contributed by atoms with Crippen LogP contribution in [0.2, 0.25) is 0 Å². The molecule has 1 saturated carbocycles. The molecule has 14 heavy (non-hydrogen) atoms. The van der Waals surface area contributed by atoms with Gasteiger partial charge in [0.1, 0.15) is 12.2 Å². The lowest BCUT2D eigenvalue weighted by Crippen LogP contribution is -2.19. The molecular weight excluding hydrogens is 176 g/mol. The molecule has 4 nitrogen and oxygen atoms in total. The number of aryl methyl sites for hydroxylation is 1. The normalized spacial score (nSPS) is 16.1. The third-order valence-corrected chi connectivity index (χ3v) is 2.55. The Morgan fingerprint density at radius 2 is 2.43 bits per heavy atom. The lowest BCUT2D eigenvalue weighted by molar-refractivity contribution is 0.524. The molecule has 2 rings (SSSR count). The summed E-state index contributed by atoms with van der Waals surface area (Å²) in [4.78, 5) is 4.26. The second kappa shape index (κ2) is 4.55. The van der Waals surface area contributed by atoms with Gasteiger partial charge in [0.05, 0.1) is 6.54 Å². The van der Waals surface area contributed by atoms with E-state index in [4.69, 9.17) is 0 Å². The van der Waals surface area contributed by atoms with Gasteiger partial charge in [-0.15, -0.1) is 0 Å². The summed E-state index contributed by atoms with van der Waals surface area (Å²) in [6.45, 7) is 4.06. The number of hydrogen-bond acceptors (Lipinski definition) is 3. The van der Waals surface area contributed by atoms with E-state index in [0.29, 0.717) is 0 Å². The second-order valence-corrected chi connectivity index (χ2v) is 3.91. The van der Waals surface area contributed by atoms with Gasteiger partial charge in [-0.05, 0) is 19.3 Å². The van der Waals surface area contributed by atoms with E-state index in [1.165, 1.54) is 25.7 Å². The van der Waals surface area contributed by atoms with E-state index in [1.807, 2.05) is 4.68 Å². The number of nitrogens with zero attached hydrogens (tertiary/aromatic N) is 3. The van der Waals surface area contributed by atoms with Crippen molar-refractivity contribution in [1.29, 1.82) is 0 Å². The summed E-state index contributed by atoms with van der Waals surface area (Å²) in [7, 11) is 0. The first-order valence-electron chi connectivity index (χ1n) is 5.50. The molecule has 0 atom stereocenters. The van der Waals surface area contributed by atoms with Crippen LogP contribution in [-0.2, 0) is 13.1 Å². The molecule has 1 N–H and O–H groups in total. The predicted molar refractivity (Wildman–Crippen MR) is 54.8 cm³/mol. The maximum Gasteiger partial charge on any atom is 0.140 e. The SMILES string of the molecule is CCCCn1ncnc1CNC1CC1. The number of nitrogens with one attached hydrogen (secondary N) is 1. The highest BCUT2D eigenvalue weighted by Gasteiger charge is 2.20. The van der Waals surface area contributed by atoms with Crippen molar-refractivity contribution >= 4 is 0 Å². The first kappa shape index (κ1) is 9.65. The van der Waals surface area contributed by atoms with E-state index in [-0.39, 0.29) is 0 Å². The highest BCUT2D eigenvalue weighted by atomic mass is 15.3. The van der Waals surface area contributed by atoms with Gasteiger partial charge in [0.2, 0.25) is 0 Å². The van der Waals surface area contributed by atoms with Crippen molar-refractivity contribution in [3.05, 3.63) is 12.2 Å². The summed E-state index contributed by atoms with van der Waals surface area (Å²) in [6.07, 6.45) is 6.68. The van der Waals surface area contributed by atoms with Gasteiger partial charge < -0.3 is 5.32 Å². The van der Waals surface area contributed by atoms with Gasteiger partial charge in [-0.3, -0.25) is 0 Å². The molecule has 0 spiro atoms. The fourth-order valence-corrected chi connectivity index (χ4v) is 1.44. The van der Waals surface area contributed by atoms with Crippen molar-refractivity contribution in [3.63, 3.8) is 0 Å². The Labute approximate surface area is 84.7 Å². The molecule has 1 aromatic heterocycles.